The Labute approximate surface area is 109 Å². The molecule has 0 unspecified atom stereocenters. The molecule has 2 aromatic rings. The first-order chi connectivity index (χ1) is 8.54. The molecule has 1 aliphatic carbocycles. The lowest BCUT2D eigenvalue weighted by atomic mass is 10.0. The van der Waals surface area contributed by atoms with Gasteiger partial charge in [-0.05, 0) is 49.1 Å². The van der Waals surface area contributed by atoms with E-state index >= 15 is 0 Å². The van der Waals surface area contributed by atoms with Gasteiger partial charge in [0.25, 0.3) is 0 Å². The van der Waals surface area contributed by atoms with Crippen LogP contribution in [0.2, 0.25) is 0 Å². The van der Waals surface area contributed by atoms with Crippen molar-refractivity contribution in [3.63, 3.8) is 0 Å². The van der Waals surface area contributed by atoms with Gasteiger partial charge >= 0.3 is 0 Å². The summed E-state index contributed by atoms with van der Waals surface area (Å²) in [6.45, 7) is 6.61. The summed E-state index contributed by atoms with van der Waals surface area (Å²) in [5.41, 5.74) is 7.04. The van der Waals surface area contributed by atoms with Gasteiger partial charge in [0.1, 0.15) is 0 Å². The van der Waals surface area contributed by atoms with E-state index in [1.165, 1.54) is 27.9 Å². The smallest absolute Gasteiger partial charge is 0.0386 e. The minimum absolute atomic E-state index is 0.101. The number of rotatable bonds is 1. The van der Waals surface area contributed by atoms with Crippen LogP contribution in [0.3, 0.4) is 0 Å². The molecule has 0 saturated carbocycles. The zero-order valence-corrected chi connectivity index (χ0v) is 11.2. The topological polar surface area (TPSA) is 12.0 Å². The zero-order valence-electron chi connectivity index (χ0n) is 11.2. The summed E-state index contributed by atoms with van der Waals surface area (Å²) in [4.78, 5) is 0. The second-order valence-electron chi connectivity index (χ2n) is 6.04. The van der Waals surface area contributed by atoms with Gasteiger partial charge < -0.3 is 5.32 Å². The highest BCUT2D eigenvalue weighted by Gasteiger charge is 2.21. The van der Waals surface area contributed by atoms with E-state index in [1.807, 2.05) is 0 Å². The molecule has 0 radical (unpaired) electrons. The van der Waals surface area contributed by atoms with Gasteiger partial charge in [0.2, 0.25) is 0 Å². The zero-order chi connectivity index (χ0) is 12.8. The van der Waals surface area contributed by atoms with E-state index in [0.717, 1.165) is 6.42 Å². The Hall–Kier alpha value is -1.76. The fourth-order valence-electron chi connectivity index (χ4n) is 2.68. The van der Waals surface area contributed by atoms with E-state index in [4.69, 9.17) is 0 Å². The van der Waals surface area contributed by atoms with Crippen LogP contribution in [0, 0.1) is 0 Å². The molecule has 1 nitrogen and oxygen atoms in total. The van der Waals surface area contributed by atoms with Gasteiger partial charge in [-0.1, -0.05) is 36.4 Å². The van der Waals surface area contributed by atoms with Crippen LogP contribution in [0.4, 0.5) is 5.69 Å². The summed E-state index contributed by atoms with van der Waals surface area (Å²) < 4.78 is 0. The second kappa shape index (κ2) is 3.88. The number of fused-ring (bicyclic) bond motifs is 3. The van der Waals surface area contributed by atoms with Crippen LogP contribution in [0.5, 0.6) is 0 Å². The van der Waals surface area contributed by atoms with Crippen molar-refractivity contribution in [1.29, 1.82) is 0 Å². The molecular weight excluding hydrogens is 218 g/mol. The minimum atomic E-state index is 0.101. The van der Waals surface area contributed by atoms with Crippen molar-refractivity contribution in [2.45, 2.75) is 32.7 Å². The number of hydrogen-bond donors (Lipinski definition) is 1. The molecule has 1 heteroatoms. The first-order valence-corrected chi connectivity index (χ1v) is 6.53. The lowest BCUT2D eigenvalue weighted by Gasteiger charge is -2.24. The summed E-state index contributed by atoms with van der Waals surface area (Å²) in [5, 5.41) is 3.62. The molecule has 0 heterocycles. The molecule has 1 aliphatic rings. The summed E-state index contributed by atoms with van der Waals surface area (Å²) in [6.07, 6.45) is 1.05. The van der Waals surface area contributed by atoms with Crippen molar-refractivity contribution in [1.82, 2.24) is 0 Å². The summed E-state index contributed by atoms with van der Waals surface area (Å²) >= 11 is 0. The van der Waals surface area contributed by atoms with Gasteiger partial charge in [-0.15, -0.1) is 0 Å². The standard InChI is InChI=1S/C17H19N/c1-17(2,3)18-16-10-6-9-14-13-8-5-4-7-12(13)11-15(14)16/h4-10,18H,11H2,1-3H3. The van der Waals surface area contributed by atoms with E-state index in [0.29, 0.717) is 0 Å². The normalized spacial score (nSPS) is 13.1. The van der Waals surface area contributed by atoms with Crippen LogP contribution in [0.15, 0.2) is 42.5 Å². The van der Waals surface area contributed by atoms with Crippen LogP contribution in [-0.4, -0.2) is 5.54 Å². The summed E-state index contributed by atoms with van der Waals surface area (Å²) in [5.74, 6) is 0. The van der Waals surface area contributed by atoms with Crippen molar-refractivity contribution >= 4 is 5.69 Å². The minimum Gasteiger partial charge on any atom is -0.380 e. The molecular formula is C17H19N. The first-order valence-electron chi connectivity index (χ1n) is 6.53. The number of nitrogens with one attached hydrogen (secondary N) is 1. The maximum Gasteiger partial charge on any atom is 0.0386 e. The Morgan fingerprint density at radius 3 is 2.39 bits per heavy atom. The molecule has 3 rings (SSSR count). The molecule has 92 valence electrons. The third-order valence-electron chi connectivity index (χ3n) is 3.36. The van der Waals surface area contributed by atoms with Crippen LogP contribution in [0.1, 0.15) is 31.9 Å². The predicted molar refractivity (Wildman–Crippen MR) is 78.1 cm³/mol. The highest BCUT2D eigenvalue weighted by atomic mass is 15.0. The Balaban J connectivity index is 2.09. The lowest BCUT2D eigenvalue weighted by molar-refractivity contribution is 0.633. The predicted octanol–water partition coefficient (Wildman–Crippen LogP) is 4.47. The average molecular weight is 237 g/mol. The first kappa shape index (κ1) is 11.3. The van der Waals surface area contributed by atoms with Gasteiger partial charge in [-0.25, -0.2) is 0 Å². The van der Waals surface area contributed by atoms with Gasteiger partial charge in [-0.3, -0.25) is 0 Å². The van der Waals surface area contributed by atoms with Crippen molar-refractivity contribution < 1.29 is 0 Å². The maximum absolute atomic E-state index is 3.62. The van der Waals surface area contributed by atoms with E-state index in [1.54, 1.807) is 0 Å². The van der Waals surface area contributed by atoms with E-state index < -0.39 is 0 Å². The van der Waals surface area contributed by atoms with Crippen LogP contribution in [0.25, 0.3) is 11.1 Å². The van der Waals surface area contributed by atoms with E-state index in [-0.39, 0.29) is 5.54 Å². The van der Waals surface area contributed by atoms with E-state index in [2.05, 4.69) is 68.6 Å². The molecule has 0 aliphatic heterocycles. The van der Waals surface area contributed by atoms with Crippen molar-refractivity contribution in [3.8, 4) is 11.1 Å². The maximum atomic E-state index is 3.62. The highest BCUT2D eigenvalue weighted by Crippen LogP contribution is 2.40. The lowest BCUT2D eigenvalue weighted by Crippen LogP contribution is -2.26. The third kappa shape index (κ3) is 1.90. The van der Waals surface area contributed by atoms with Crippen molar-refractivity contribution in [2.24, 2.45) is 0 Å². The molecule has 0 bridgehead atoms. The molecule has 1 N–H and O–H groups in total. The Bertz CT molecular complexity index is 591. The third-order valence-corrected chi connectivity index (χ3v) is 3.36. The monoisotopic (exact) mass is 237 g/mol. The Kier molecular flexibility index (Phi) is 2.44. The molecule has 0 saturated heterocycles. The number of hydrogen-bond acceptors (Lipinski definition) is 1. The van der Waals surface area contributed by atoms with Crippen molar-refractivity contribution in [2.75, 3.05) is 5.32 Å². The Morgan fingerprint density at radius 1 is 0.889 bits per heavy atom. The van der Waals surface area contributed by atoms with Gasteiger partial charge in [0, 0.05) is 17.6 Å². The van der Waals surface area contributed by atoms with Crippen LogP contribution in [-0.2, 0) is 6.42 Å². The fourth-order valence-corrected chi connectivity index (χ4v) is 2.68. The average Bonchev–Trinajstić information content (AvgIpc) is 2.67. The largest absolute Gasteiger partial charge is 0.380 e. The van der Waals surface area contributed by atoms with Crippen molar-refractivity contribution in [3.05, 3.63) is 53.6 Å². The summed E-state index contributed by atoms with van der Waals surface area (Å²) in [7, 11) is 0. The number of anilines is 1. The quantitative estimate of drug-likeness (QED) is 0.658. The molecule has 0 fully saturated rings. The van der Waals surface area contributed by atoms with Gasteiger partial charge in [0.15, 0.2) is 0 Å². The molecule has 0 spiro atoms. The van der Waals surface area contributed by atoms with E-state index in [9.17, 15) is 0 Å². The molecule has 0 aromatic heterocycles. The molecule has 0 atom stereocenters. The Morgan fingerprint density at radius 2 is 1.61 bits per heavy atom. The summed E-state index contributed by atoms with van der Waals surface area (Å²) in [6, 6.07) is 15.3. The second-order valence-corrected chi connectivity index (χ2v) is 6.04. The van der Waals surface area contributed by atoms with Crippen LogP contribution < -0.4 is 5.32 Å². The highest BCUT2D eigenvalue weighted by molar-refractivity contribution is 5.82. The van der Waals surface area contributed by atoms with Crippen LogP contribution >= 0.6 is 0 Å². The molecule has 0 amide bonds. The number of benzene rings is 2. The molecule has 18 heavy (non-hydrogen) atoms. The fraction of sp³-hybridized carbons (Fsp3) is 0.294. The SMILES string of the molecule is CC(C)(C)Nc1cccc2c1Cc1ccccc1-2. The van der Waals surface area contributed by atoms with Gasteiger partial charge in [-0.2, -0.15) is 0 Å². The van der Waals surface area contributed by atoms with Gasteiger partial charge in [0.05, 0.1) is 0 Å². The molecule has 2 aromatic carbocycles.